The number of fused-ring (bicyclic) bond motifs is 1. The fraction of sp³-hybridized carbons (Fsp3) is 0.208. The van der Waals surface area contributed by atoms with Crippen molar-refractivity contribution in [1.29, 1.82) is 0 Å². The molecule has 140 valence electrons. The fourth-order valence-electron chi connectivity index (χ4n) is 3.88. The molecule has 1 aliphatic carbocycles. The van der Waals surface area contributed by atoms with Gasteiger partial charge in [0.25, 0.3) is 0 Å². The van der Waals surface area contributed by atoms with Crippen LogP contribution in [-0.2, 0) is 0 Å². The highest BCUT2D eigenvalue weighted by molar-refractivity contribution is 7.28. The summed E-state index contributed by atoms with van der Waals surface area (Å²) in [4.78, 5) is 4.69. The van der Waals surface area contributed by atoms with Crippen molar-refractivity contribution in [3.8, 4) is 28.3 Å². The number of oxazole rings is 1. The van der Waals surface area contributed by atoms with Crippen molar-refractivity contribution in [2.75, 3.05) is 0 Å². The minimum Gasteiger partial charge on any atom is -0.490 e. The first-order valence-corrected chi connectivity index (χ1v) is 10.4. The van der Waals surface area contributed by atoms with Gasteiger partial charge < -0.3 is 9.15 Å². The molecule has 1 unspecified atom stereocenters. The van der Waals surface area contributed by atoms with E-state index < -0.39 is 0 Å². The van der Waals surface area contributed by atoms with Crippen LogP contribution in [0.25, 0.3) is 33.7 Å². The van der Waals surface area contributed by atoms with E-state index >= 15 is 0 Å². The molecular formula is C24H22NO2P. The first kappa shape index (κ1) is 17.5. The van der Waals surface area contributed by atoms with Crippen LogP contribution >= 0.6 is 9.24 Å². The third-order valence-corrected chi connectivity index (χ3v) is 5.85. The SMILES string of the molecule is Pc1ccccc1-c1ccc2nc(-c3cccc(OC4CCCC4)c3)oc2c1. The summed E-state index contributed by atoms with van der Waals surface area (Å²) in [5.41, 5.74) is 4.91. The van der Waals surface area contributed by atoms with E-state index in [9.17, 15) is 0 Å². The van der Waals surface area contributed by atoms with Gasteiger partial charge in [0.05, 0.1) is 6.10 Å². The molecule has 3 nitrogen and oxygen atoms in total. The maximum absolute atomic E-state index is 6.13. The summed E-state index contributed by atoms with van der Waals surface area (Å²) in [6, 6.07) is 22.5. The van der Waals surface area contributed by atoms with Crippen LogP contribution in [0, 0.1) is 0 Å². The average molecular weight is 387 g/mol. The third-order valence-electron chi connectivity index (χ3n) is 5.35. The van der Waals surface area contributed by atoms with Gasteiger partial charge in [-0.15, -0.1) is 9.24 Å². The van der Waals surface area contributed by atoms with E-state index in [1.54, 1.807) is 0 Å². The van der Waals surface area contributed by atoms with Crippen LogP contribution in [0.1, 0.15) is 25.7 Å². The molecule has 0 N–H and O–H groups in total. The van der Waals surface area contributed by atoms with E-state index in [4.69, 9.17) is 9.15 Å². The molecule has 1 heterocycles. The van der Waals surface area contributed by atoms with Gasteiger partial charge in [0.15, 0.2) is 5.58 Å². The van der Waals surface area contributed by atoms with Crippen molar-refractivity contribution in [1.82, 2.24) is 4.98 Å². The second-order valence-corrected chi connectivity index (χ2v) is 7.96. The number of benzene rings is 3. The second-order valence-electron chi connectivity index (χ2n) is 7.34. The van der Waals surface area contributed by atoms with E-state index in [0.717, 1.165) is 40.8 Å². The lowest BCUT2D eigenvalue weighted by atomic mass is 10.1. The zero-order chi connectivity index (χ0) is 18.9. The quantitative estimate of drug-likeness (QED) is 0.404. The zero-order valence-electron chi connectivity index (χ0n) is 15.6. The molecule has 0 saturated heterocycles. The van der Waals surface area contributed by atoms with Crippen LogP contribution < -0.4 is 10.0 Å². The number of hydrogen-bond donors (Lipinski definition) is 0. The highest BCUT2D eigenvalue weighted by atomic mass is 31.0. The van der Waals surface area contributed by atoms with Gasteiger partial charge in [0, 0.05) is 5.56 Å². The zero-order valence-corrected chi connectivity index (χ0v) is 16.8. The van der Waals surface area contributed by atoms with Gasteiger partial charge in [-0.05, 0) is 72.4 Å². The van der Waals surface area contributed by atoms with Gasteiger partial charge in [-0.25, -0.2) is 4.98 Å². The molecule has 3 aromatic carbocycles. The van der Waals surface area contributed by atoms with Crippen molar-refractivity contribution in [3.63, 3.8) is 0 Å². The summed E-state index contributed by atoms with van der Waals surface area (Å²) in [6.07, 6.45) is 5.16. The lowest BCUT2D eigenvalue weighted by Gasteiger charge is -2.13. The molecule has 4 aromatic rings. The molecule has 1 aliphatic rings. The molecule has 0 spiro atoms. The summed E-state index contributed by atoms with van der Waals surface area (Å²) in [5, 5.41) is 1.17. The largest absolute Gasteiger partial charge is 0.490 e. The second kappa shape index (κ2) is 7.41. The van der Waals surface area contributed by atoms with E-state index in [1.807, 2.05) is 36.4 Å². The van der Waals surface area contributed by atoms with Crippen LogP contribution in [0.3, 0.4) is 0 Å². The highest BCUT2D eigenvalue weighted by Gasteiger charge is 2.17. The summed E-state index contributed by atoms with van der Waals surface area (Å²) in [7, 11) is 2.79. The normalized spacial score (nSPS) is 14.6. The van der Waals surface area contributed by atoms with Crippen LogP contribution in [-0.4, -0.2) is 11.1 Å². The lowest BCUT2D eigenvalue weighted by molar-refractivity contribution is 0.210. The molecule has 0 radical (unpaired) electrons. The summed E-state index contributed by atoms with van der Waals surface area (Å²) < 4.78 is 12.2. The lowest BCUT2D eigenvalue weighted by Crippen LogP contribution is -2.10. The Hall–Kier alpha value is -2.64. The van der Waals surface area contributed by atoms with Crippen molar-refractivity contribution >= 4 is 25.6 Å². The number of hydrogen-bond acceptors (Lipinski definition) is 3. The predicted molar refractivity (Wildman–Crippen MR) is 117 cm³/mol. The minimum absolute atomic E-state index is 0.341. The molecule has 1 aromatic heterocycles. The Morgan fingerprint density at radius 1 is 0.893 bits per heavy atom. The molecular weight excluding hydrogens is 365 g/mol. The Kier molecular flexibility index (Phi) is 4.62. The van der Waals surface area contributed by atoms with Crippen LogP contribution in [0.4, 0.5) is 0 Å². The standard InChI is InChI=1S/C24H22NO2P/c28-23-11-4-3-10-20(23)16-12-13-21-22(15-16)27-24(25-21)17-6-5-9-19(14-17)26-18-7-1-2-8-18/h3-6,9-15,18H,1-2,7-8,28H2. The Balaban J connectivity index is 1.47. The van der Waals surface area contributed by atoms with E-state index in [-0.39, 0.29) is 0 Å². The van der Waals surface area contributed by atoms with E-state index in [1.165, 1.54) is 23.7 Å². The molecule has 1 fully saturated rings. The van der Waals surface area contributed by atoms with Gasteiger partial charge in [-0.3, -0.25) is 0 Å². The van der Waals surface area contributed by atoms with Gasteiger partial charge >= 0.3 is 0 Å². The molecule has 0 bridgehead atoms. The number of rotatable bonds is 4. The van der Waals surface area contributed by atoms with Crippen molar-refractivity contribution in [2.45, 2.75) is 31.8 Å². The van der Waals surface area contributed by atoms with Crippen molar-refractivity contribution < 1.29 is 9.15 Å². The molecule has 5 rings (SSSR count). The number of ether oxygens (including phenoxy) is 1. The fourth-order valence-corrected chi connectivity index (χ4v) is 4.25. The maximum Gasteiger partial charge on any atom is 0.227 e. The summed E-state index contributed by atoms with van der Waals surface area (Å²) in [6.45, 7) is 0. The number of aromatic nitrogens is 1. The molecule has 0 aliphatic heterocycles. The van der Waals surface area contributed by atoms with E-state index in [0.29, 0.717) is 12.0 Å². The molecule has 28 heavy (non-hydrogen) atoms. The predicted octanol–water partition coefficient (Wildman–Crippen LogP) is 5.98. The Bertz CT molecular complexity index is 1130. The summed E-state index contributed by atoms with van der Waals surface area (Å²) in [5.74, 6) is 1.52. The van der Waals surface area contributed by atoms with Crippen molar-refractivity contribution in [2.24, 2.45) is 0 Å². The van der Waals surface area contributed by atoms with Gasteiger partial charge in [0.1, 0.15) is 11.3 Å². The minimum atomic E-state index is 0.341. The monoisotopic (exact) mass is 387 g/mol. The maximum atomic E-state index is 6.13. The van der Waals surface area contributed by atoms with Gasteiger partial charge in [-0.1, -0.05) is 36.4 Å². The Morgan fingerprint density at radius 2 is 1.75 bits per heavy atom. The topological polar surface area (TPSA) is 35.3 Å². The first-order chi connectivity index (χ1) is 13.8. The van der Waals surface area contributed by atoms with Crippen molar-refractivity contribution in [3.05, 3.63) is 66.7 Å². The molecule has 4 heteroatoms. The van der Waals surface area contributed by atoms with Crippen LogP contribution in [0.5, 0.6) is 5.75 Å². The van der Waals surface area contributed by atoms with Crippen LogP contribution in [0.15, 0.2) is 71.1 Å². The Labute approximate surface area is 167 Å². The van der Waals surface area contributed by atoms with Crippen LogP contribution in [0.2, 0.25) is 0 Å². The summed E-state index contributed by atoms with van der Waals surface area (Å²) >= 11 is 0. The molecule has 1 saturated carbocycles. The smallest absolute Gasteiger partial charge is 0.227 e. The third kappa shape index (κ3) is 3.43. The van der Waals surface area contributed by atoms with Gasteiger partial charge in [0.2, 0.25) is 5.89 Å². The average Bonchev–Trinajstić information content (AvgIpc) is 3.37. The first-order valence-electron chi connectivity index (χ1n) is 9.79. The Morgan fingerprint density at radius 3 is 2.61 bits per heavy atom. The number of nitrogens with zero attached hydrogens (tertiary/aromatic N) is 1. The molecule has 1 atom stereocenters. The highest BCUT2D eigenvalue weighted by Crippen LogP contribution is 2.31. The molecule has 0 amide bonds. The van der Waals surface area contributed by atoms with E-state index in [2.05, 4.69) is 44.6 Å². The van der Waals surface area contributed by atoms with Gasteiger partial charge in [-0.2, -0.15) is 0 Å².